The molecule has 0 bridgehead atoms. The molecule has 3 aromatic carbocycles. The average molecular weight is 423 g/mol. The number of hydrogen-bond donors (Lipinski definition) is 0. The molecule has 0 aliphatic rings. The van der Waals surface area contributed by atoms with E-state index in [0.29, 0.717) is 6.61 Å². The van der Waals surface area contributed by atoms with Crippen LogP contribution in [0.25, 0.3) is 0 Å². The van der Waals surface area contributed by atoms with E-state index in [-0.39, 0.29) is 9.74 Å². The second-order valence-electron chi connectivity index (χ2n) is 7.97. The van der Waals surface area contributed by atoms with Gasteiger partial charge in [-0.1, -0.05) is 96.5 Å². The summed E-state index contributed by atoms with van der Waals surface area (Å²) >= 11 is 3.73. The van der Waals surface area contributed by atoms with E-state index in [1.54, 1.807) is 0 Å². The zero-order valence-corrected chi connectivity index (χ0v) is 18.1. The Balaban J connectivity index is 1.73. The van der Waals surface area contributed by atoms with Crippen LogP contribution in [0.15, 0.2) is 78.9 Å². The van der Waals surface area contributed by atoms with Crippen molar-refractivity contribution in [1.29, 1.82) is 0 Å². The van der Waals surface area contributed by atoms with Gasteiger partial charge < -0.3 is 4.74 Å². The third-order valence-electron chi connectivity index (χ3n) is 5.12. The van der Waals surface area contributed by atoms with E-state index in [0.717, 1.165) is 5.75 Å². The number of ether oxygens (including phenoxy) is 1. The lowest BCUT2D eigenvalue weighted by Crippen LogP contribution is -2.19. The molecule has 0 saturated heterocycles. The van der Waals surface area contributed by atoms with Crippen molar-refractivity contribution in [2.24, 2.45) is 0 Å². The van der Waals surface area contributed by atoms with Crippen molar-refractivity contribution in [2.45, 2.75) is 44.0 Å². The second kappa shape index (κ2) is 7.90. The lowest BCUT2D eigenvalue weighted by atomic mass is 9.77. The van der Waals surface area contributed by atoms with Crippen molar-refractivity contribution >= 4 is 15.9 Å². The lowest BCUT2D eigenvalue weighted by molar-refractivity contribution is 0.306. The lowest BCUT2D eigenvalue weighted by Gasteiger charge is -2.27. The largest absolute Gasteiger partial charge is 0.489 e. The number of hydrogen-bond acceptors (Lipinski definition) is 1. The predicted molar refractivity (Wildman–Crippen MR) is 118 cm³/mol. The Morgan fingerprint density at radius 2 is 1.15 bits per heavy atom. The Morgan fingerprint density at radius 3 is 1.67 bits per heavy atom. The number of halogens is 1. The highest BCUT2D eigenvalue weighted by atomic mass is 79.9. The summed E-state index contributed by atoms with van der Waals surface area (Å²) < 4.78 is 5.91. The molecule has 0 radical (unpaired) electrons. The first-order valence-electron chi connectivity index (χ1n) is 9.34. The maximum atomic E-state index is 5.91. The van der Waals surface area contributed by atoms with Crippen LogP contribution in [0.4, 0.5) is 0 Å². The topological polar surface area (TPSA) is 9.23 Å². The van der Waals surface area contributed by atoms with Crippen molar-refractivity contribution < 1.29 is 4.74 Å². The first-order chi connectivity index (χ1) is 12.8. The monoisotopic (exact) mass is 422 g/mol. The highest BCUT2D eigenvalue weighted by Gasteiger charge is 2.24. The third kappa shape index (κ3) is 4.81. The summed E-state index contributed by atoms with van der Waals surface area (Å²) in [6.07, 6.45) is 0. The van der Waals surface area contributed by atoms with E-state index in [4.69, 9.17) is 4.74 Å². The number of alkyl halides is 1. The van der Waals surface area contributed by atoms with Crippen LogP contribution in [0.5, 0.6) is 5.75 Å². The van der Waals surface area contributed by atoms with E-state index in [1.165, 1.54) is 22.3 Å². The van der Waals surface area contributed by atoms with Gasteiger partial charge in [-0.3, -0.25) is 0 Å². The van der Waals surface area contributed by atoms with Crippen LogP contribution in [0.2, 0.25) is 0 Å². The summed E-state index contributed by atoms with van der Waals surface area (Å²) in [4.78, 5) is 0. The van der Waals surface area contributed by atoms with Crippen LogP contribution in [0.3, 0.4) is 0 Å². The van der Waals surface area contributed by atoms with Crippen molar-refractivity contribution in [3.63, 3.8) is 0 Å². The van der Waals surface area contributed by atoms with E-state index >= 15 is 0 Å². The summed E-state index contributed by atoms with van der Waals surface area (Å²) in [5.41, 5.74) is 4.98. The van der Waals surface area contributed by atoms with E-state index in [9.17, 15) is 0 Å². The molecule has 0 aromatic heterocycles. The van der Waals surface area contributed by atoms with Crippen LogP contribution in [-0.2, 0) is 16.3 Å². The van der Waals surface area contributed by atoms with Gasteiger partial charge in [0, 0.05) is 9.74 Å². The van der Waals surface area contributed by atoms with Crippen LogP contribution < -0.4 is 4.74 Å². The van der Waals surface area contributed by atoms with Gasteiger partial charge in [0.2, 0.25) is 0 Å². The molecule has 1 nitrogen and oxygen atoms in total. The molecule has 0 unspecified atom stereocenters. The minimum absolute atomic E-state index is 0.00653. The Labute approximate surface area is 171 Å². The van der Waals surface area contributed by atoms with Gasteiger partial charge in [0.1, 0.15) is 12.4 Å². The Hall–Kier alpha value is -2.06. The van der Waals surface area contributed by atoms with Crippen molar-refractivity contribution in [3.8, 4) is 5.75 Å². The zero-order valence-electron chi connectivity index (χ0n) is 16.5. The molecule has 0 heterocycles. The molecule has 0 aliphatic heterocycles. The molecule has 140 valence electrons. The maximum Gasteiger partial charge on any atom is 0.119 e. The summed E-state index contributed by atoms with van der Waals surface area (Å²) in [6.45, 7) is 9.46. The van der Waals surface area contributed by atoms with E-state index < -0.39 is 0 Å². The normalized spacial score (nSPS) is 12.0. The van der Waals surface area contributed by atoms with Crippen LogP contribution in [0.1, 0.15) is 49.9 Å². The van der Waals surface area contributed by atoms with Gasteiger partial charge in [-0.15, -0.1) is 0 Å². The molecule has 0 atom stereocenters. The standard InChI is InChI=1S/C25H27BrO/c1-24(2,20-10-12-22(13-11-20)25(3,4)26)21-14-16-23(17-15-21)27-18-19-8-6-5-7-9-19/h5-17H,18H2,1-4H3. The van der Waals surface area contributed by atoms with Gasteiger partial charge >= 0.3 is 0 Å². The van der Waals surface area contributed by atoms with Crippen LogP contribution in [0, 0.1) is 0 Å². The highest BCUT2D eigenvalue weighted by molar-refractivity contribution is 9.09. The Kier molecular flexibility index (Phi) is 5.76. The molecule has 3 aromatic rings. The van der Waals surface area contributed by atoms with Crippen molar-refractivity contribution in [2.75, 3.05) is 0 Å². The molecule has 0 saturated carbocycles. The van der Waals surface area contributed by atoms with Crippen LogP contribution >= 0.6 is 15.9 Å². The molecule has 2 heteroatoms. The van der Waals surface area contributed by atoms with Crippen LogP contribution in [-0.4, -0.2) is 0 Å². The Bertz CT molecular complexity index is 857. The average Bonchev–Trinajstić information content (AvgIpc) is 2.67. The van der Waals surface area contributed by atoms with E-state index in [1.807, 2.05) is 18.2 Å². The minimum atomic E-state index is -0.0626. The second-order valence-corrected chi connectivity index (χ2v) is 9.96. The summed E-state index contributed by atoms with van der Waals surface area (Å²) in [5, 5.41) is 0. The summed E-state index contributed by atoms with van der Waals surface area (Å²) in [7, 11) is 0. The van der Waals surface area contributed by atoms with Gasteiger partial charge in [0.05, 0.1) is 0 Å². The molecule has 27 heavy (non-hydrogen) atoms. The van der Waals surface area contributed by atoms with E-state index in [2.05, 4.69) is 104 Å². The van der Waals surface area contributed by atoms with Gasteiger partial charge in [0.15, 0.2) is 0 Å². The molecular formula is C25H27BrO. The molecule has 3 rings (SSSR count). The quantitative estimate of drug-likeness (QED) is 0.380. The zero-order chi connectivity index (χ0) is 19.5. The fourth-order valence-corrected chi connectivity index (χ4v) is 3.42. The predicted octanol–water partition coefficient (Wildman–Crippen LogP) is 7.22. The fraction of sp³-hybridized carbons (Fsp3) is 0.280. The third-order valence-corrected chi connectivity index (χ3v) is 5.58. The van der Waals surface area contributed by atoms with Gasteiger partial charge in [-0.05, 0) is 48.2 Å². The molecule has 0 amide bonds. The molecular weight excluding hydrogens is 396 g/mol. The molecule has 0 aliphatic carbocycles. The van der Waals surface area contributed by atoms with Gasteiger partial charge in [0.25, 0.3) is 0 Å². The summed E-state index contributed by atoms with van der Waals surface area (Å²) in [5.74, 6) is 0.898. The first kappa shape index (κ1) is 19.7. The minimum Gasteiger partial charge on any atom is -0.489 e. The van der Waals surface area contributed by atoms with Gasteiger partial charge in [-0.2, -0.15) is 0 Å². The number of benzene rings is 3. The summed E-state index contributed by atoms with van der Waals surface area (Å²) in [6, 6.07) is 27.6. The first-order valence-corrected chi connectivity index (χ1v) is 10.1. The fourth-order valence-electron chi connectivity index (χ4n) is 3.16. The highest BCUT2D eigenvalue weighted by Crippen LogP contribution is 2.35. The smallest absolute Gasteiger partial charge is 0.119 e. The Morgan fingerprint density at radius 1 is 0.667 bits per heavy atom. The van der Waals surface area contributed by atoms with Gasteiger partial charge in [-0.25, -0.2) is 0 Å². The molecule has 0 spiro atoms. The maximum absolute atomic E-state index is 5.91. The molecule has 0 fully saturated rings. The van der Waals surface area contributed by atoms with Crippen molar-refractivity contribution in [3.05, 3.63) is 101 Å². The molecule has 0 N–H and O–H groups in total. The van der Waals surface area contributed by atoms with Crippen molar-refractivity contribution in [1.82, 2.24) is 0 Å². The number of rotatable bonds is 6. The SMILES string of the molecule is CC(C)(Br)c1ccc(C(C)(C)c2ccc(OCc3ccccc3)cc2)cc1.